The molecule has 2 saturated heterocycles. The molecule has 4 nitrogen and oxygen atoms in total. The summed E-state index contributed by atoms with van der Waals surface area (Å²) in [5.41, 5.74) is 0.104. The monoisotopic (exact) mass is 239 g/mol. The second-order valence-corrected chi connectivity index (χ2v) is 6.83. The molecule has 0 atom stereocenters. The topological polar surface area (TPSA) is 30.0 Å². The van der Waals surface area contributed by atoms with Crippen molar-refractivity contribution in [2.45, 2.75) is 18.4 Å². The quantitative estimate of drug-likeness (QED) is 0.716. The number of aliphatic hydroxyl groups is 1. The van der Waals surface area contributed by atoms with E-state index in [9.17, 15) is 5.11 Å². The Morgan fingerprint density at radius 3 is 2.06 bits per heavy atom. The molecule has 17 heavy (non-hydrogen) atoms. The van der Waals surface area contributed by atoms with E-state index in [1.54, 1.807) is 0 Å². The SMILES string of the molecule is CN1CCN(CC2(O)CC3(CN(C)C3)C2)CC1. The first kappa shape index (κ1) is 11.9. The lowest BCUT2D eigenvalue weighted by Crippen LogP contribution is -2.69. The first-order valence-corrected chi connectivity index (χ1v) is 6.81. The van der Waals surface area contributed by atoms with Crippen molar-refractivity contribution in [3.05, 3.63) is 0 Å². The summed E-state index contributed by atoms with van der Waals surface area (Å²) in [7, 11) is 4.34. The molecule has 0 bridgehead atoms. The number of piperazine rings is 1. The van der Waals surface area contributed by atoms with Gasteiger partial charge in [0.25, 0.3) is 0 Å². The predicted molar refractivity (Wildman–Crippen MR) is 68.1 cm³/mol. The van der Waals surface area contributed by atoms with Gasteiger partial charge in [-0.2, -0.15) is 0 Å². The summed E-state index contributed by atoms with van der Waals surface area (Å²) in [4.78, 5) is 7.16. The van der Waals surface area contributed by atoms with E-state index in [1.807, 2.05) is 0 Å². The Balaban J connectivity index is 1.47. The summed E-state index contributed by atoms with van der Waals surface area (Å²) in [5, 5.41) is 10.5. The molecule has 0 unspecified atom stereocenters. The minimum absolute atomic E-state index is 0.378. The third-order valence-corrected chi connectivity index (χ3v) is 4.73. The first-order valence-electron chi connectivity index (χ1n) is 6.81. The summed E-state index contributed by atoms with van der Waals surface area (Å²) < 4.78 is 0. The van der Waals surface area contributed by atoms with Crippen LogP contribution in [0.4, 0.5) is 0 Å². The van der Waals surface area contributed by atoms with E-state index in [1.165, 1.54) is 13.1 Å². The van der Waals surface area contributed by atoms with E-state index in [0.717, 1.165) is 45.6 Å². The van der Waals surface area contributed by atoms with Crippen molar-refractivity contribution in [1.29, 1.82) is 0 Å². The number of rotatable bonds is 2. The highest BCUT2D eigenvalue weighted by atomic mass is 16.3. The largest absolute Gasteiger partial charge is 0.389 e. The minimum Gasteiger partial charge on any atom is -0.389 e. The number of hydrogen-bond acceptors (Lipinski definition) is 4. The van der Waals surface area contributed by atoms with Crippen LogP contribution in [0.25, 0.3) is 0 Å². The Labute approximate surface area is 104 Å². The number of likely N-dealkylation sites (tertiary alicyclic amines) is 1. The van der Waals surface area contributed by atoms with Crippen LogP contribution in [-0.4, -0.2) is 85.3 Å². The maximum Gasteiger partial charge on any atom is 0.0786 e. The predicted octanol–water partition coefficient (Wildman–Crippen LogP) is -0.309. The van der Waals surface area contributed by atoms with Gasteiger partial charge in [0.05, 0.1) is 5.60 Å². The van der Waals surface area contributed by atoms with Crippen molar-refractivity contribution >= 4 is 0 Å². The molecule has 0 radical (unpaired) electrons. The van der Waals surface area contributed by atoms with Crippen LogP contribution in [-0.2, 0) is 0 Å². The van der Waals surface area contributed by atoms with Crippen LogP contribution in [0.5, 0.6) is 0 Å². The highest BCUT2D eigenvalue weighted by Crippen LogP contribution is 2.53. The van der Waals surface area contributed by atoms with Gasteiger partial charge in [-0.3, -0.25) is 4.90 Å². The van der Waals surface area contributed by atoms with Gasteiger partial charge < -0.3 is 14.9 Å². The summed E-state index contributed by atoms with van der Waals surface area (Å²) >= 11 is 0. The van der Waals surface area contributed by atoms with E-state index in [4.69, 9.17) is 0 Å². The second-order valence-electron chi connectivity index (χ2n) is 6.83. The highest BCUT2D eigenvalue weighted by molar-refractivity contribution is 5.12. The fraction of sp³-hybridized carbons (Fsp3) is 1.00. The van der Waals surface area contributed by atoms with Crippen molar-refractivity contribution < 1.29 is 5.11 Å². The Morgan fingerprint density at radius 1 is 0.941 bits per heavy atom. The zero-order valence-electron chi connectivity index (χ0n) is 11.2. The molecule has 2 heterocycles. The molecule has 1 aliphatic carbocycles. The van der Waals surface area contributed by atoms with Crippen LogP contribution in [0.15, 0.2) is 0 Å². The minimum atomic E-state index is -0.378. The molecule has 0 amide bonds. The average molecular weight is 239 g/mol. The van der Waals surface area contributed by atoms with Crippen molar-refractivity contribution in [2.24, 2.45) is 5.41 Å². The van der Waals surface area contributed by atoms with Gasteiger partial charge in [-0.15, -0.1) is 0 Å². The van der Waals surface area contributed by atoms with E-state index < -0.39 is 0 Å². The normalized spacial score (nSPS) is 33.4. The van der Waals surface area contributed by atoms with Gasteiger partial charge in [0, 0.05) is 51.2 Å². The number of β-amino-alcohol motifs (C(OH)–C–C–N with tert-alkyl or cyclic N) is 1. The van der Waals surface area contributed by atoms with Crippen molar-refractivity contribution in [1.82, 2.24) is 14.7 Å². The zero-order valence-corrected chi connectivity index (χ0v) is 11.2. The summed E-state index contributed by atoms with van der Waals surface area (Å²) in [6.07, 6.45) is 2.05. The van der Waals surface area contributed by atoms with Crippen LogP contribution in [0, 0.1) is 5.41 Å². The molecule has 0 aromatic heterocycles. The highest BCUT2D eigenvalue weighted by Gasteiger charge is 2.58. The molecule has 1 spiro atoms. The number of nitrogens with zero attached hydrogens (tertiary/aromatic N) is 3. The molecule has 0 aromatic rings. The van der Waals surface area contributed by atoms with Gasteiger partial charge >= 0.3 is 0 Å². The van der Waals surface area contributed by atoms with Crippen LogP contribution >= 0.6 is 0 Å². The van der Waals surface area contributed by atoms with Gasteiger partial charge in [0.2, 0.25) is 0 Å². The maximum absolute atomic E-state index is 10.5. The molecule has 3 aliphatic rings. The summed E-state index contributed by atoms with van der Waals surface area (Å²) in [6.45, 7) is 7.80. The number of likely N-dealkylation sites (N-methyl/N-ethyl adjacent to an activating group) is 1. The lowest BCUT2D eigenvalue weighted by atomic mass is 9.55. The lowest BCUT2D eigenvalue weighted by Gasteiger charge is -2.62. The fourth-order valence-corrected chi connectivity index (χ4v) is 4.20. The molecular weight excluding hydrogens is 214 g/mol. The van der Waals surface area contributed by atoms with Gasteiger partial charge in [0.1, 0.15) is 0 Å². The Bertz CT molecular complexity index is 285. The van der Waals surface area contributed by atoms with Crippen molar-refractivity contribution in [3.8, 4) is 0 Å². The van der Waals surface area contributed by atoms with Gasteiger partial charge in [-0.05, 0) is 26.9 Å². The van der Waals surface area contributed by atoms with E-state index >= 15 is 0 Å². The standard InChI is InChI=1S/C13H25N3O/c1-14-3-5-16(6-4-14)11-13(17)7-12(8-13)9-15(2)10-12/h17H,3-11H2,1-2H3. The smallest absolute Gasteiger partial charge is 0.0786 e. The second kappa shape index (κ2) is 3.92. The molecule has 1 saturated carbocycles. The molecule has 4 heteroatoms. The molecule has 1 N–H and O–H groups in total. The molecule has 0 aromatic carbocycles. The average Bonchev–Trinajstić information content (AvgIpc) is 2.17. The fourth-order valence-electron chi connectivity index (χ4n) is 4.20. The van der Waals surface area contributed by atoms with Crippen molar-refractivity contribution in [2.75, 3.05) is 59.9 Å². The maximum atomic E-state index is 10.5. The van der Waals surface area contributed by atoms with Gasteiger partial charge in [-0.1, -0.05) is 0 Å². The van der Waals surface area contributed by atoms with E-state index in [0.29, 0.717) is 5.41 Å². The van der Waals surface area contributed by atoms with E-state index in [-0.39, 0.29) is 5.60 Å². The Kier molecular flexibility index (Phi) is 2.74. The third kappa shape index (κ3) is 2.24. The van der Waals surface area contributed by atoms with Crippen LogP contribution in [0.1, 0.15) is 12.8 Å². The zero-order chi connectivity index (χ0) is 12.1. The molecule has 3 fully saturated rings. The summed E-state index contributed by atoms with van der Waals surface area (Å²) in [6, 6.07) is 0. The van der Waals surface area contributed by atoms with Crippen LogP contribution in [0.2, 0.25) is 0 Å². The molecule has 2 aliphatic heterocycles. The van der Waals surface area contributed by atoms with Crippen LogP contribution in [0.3, 0.4) is 0 Å². The Morgan fingerprint density at radius 2 is 1.53 bits per heavy atom. The van der Waals surface area contributed by atoms with E-state index in [2.05, 4.69) is 28.8 Å². The first-order chi connectivity index (χ1) is 7.99. The Hall–Kier alpha value is -0.160. The third-order valence-electron chi connectivity index (χ3n) is 4.73. The summed E-state index contributed by atoms with van der Waals surface area (Å²) in [5.74, 6) is 0. The molecule has 98 valence electrons. The lowest BCUT2D eigenvalue weighted by molar-refractivity contribution is -0.193. The van der Waals surface area contributed by atoms with Gasteiger partial charge in [0.15, 0.2) is 0 Å². The van der Waals surface area contributed by atoms with Crippen molar-refractivity contribution in [3.63, 3.8) is 0 Å². The molecular formula is C13H25N3O. The van der Waals surface area contributed by atoms with Gasteiger partial charge in [-0.25, -0.2) is 0 Å². The van der Waals surface area contributed by atoms with Crippen LogP contribution < -0.4 is 0 Å². The molecule has 3 rings (SSSR count). The number of hydrogen-bond donors (Lipinski definition) is 1.